The summed E-state index contributed by atoms with van der Waals surface area (Å²) in [5.41, 5.74) is 9.12. The standard InChI is InChI=1S/C15H15NO2/c1-18-15(17)14-9-5-4-8-13(14)12-7-3-2-6-11(12)10-16/h2-9H,10,16H2,1H3. The molecule has 0 spiro atoms. The van der Waals surface area contributed by atoms with Gasteiger partial charge in [0.25, 0.3) is 0 Å². The van der Waals surface area contributed by atoms with E-state index in [2.05, 4.69) is 0 Å². The van der Waals surface area contributed by atoms with E-state index in [1.54, 1.807) is 6.07 Å². The Kier molecular flexibility index (Phi) is 3.75. The van der Waals surface area contributed by atoms with Crippen molar-refractivity contribution >= 4 is 5.97 Å². The molecule has 0 unspecified atom stereocenters. The van der Waals surface area contributed by atoms with Gasteiger partial charge in [0.05, 0.1) is 12.7 Å². The highest BCUT2D eigenvalue weighted by molar-refractivity contribution is 5.97. The van der Waals surface area contributed by atoms with Gasteiger partial charge in [-0.3, -0.25) is 0 Å². The highest BCUT2D eigenvalue weighted by Crippen LogP contribution is 2.27. The Hall–Kier alpha value is -2.13. The SMILES string of the molecule is COC(=O)c1ccccc1-c1ccccc1CN. The largest absolute Gasteiger partial charge is 0.465 e. The van der Waals surface area contributed by atoms with Gasteiger partial charge in [0.2, 0.25) is 0 Å². The van der Waals surface area contributed by atoms with E-state index in [4.69, 9.17) is 10.5 Å². The summed E-state index contributed by atoms with van der Waals surface area (Å²) < 4.78 is 4.80. The number of hydrogen-bond donors (Lipinski definition) is 1. The topological polar surface area (TPSA) is 52.3 Å². The normalized spacial score (nSPS) is 10.1. The van der Waals surface area contributed by atoms with E-state index in [0.717, 1.165) is 16.7 Å². The van der Waals surface area contributed by atoms with Gasteiger partial charge in [0.15, 0.2) is 0 Å². The average molecular weight is 241 g/mol. The number of hydrogen-bond acceptors (Lipinski definition) is 3. The maximum atomic E-state index is 11.8. The third kappa shape index (κ3) is 2.26. The van der Waals surface area contributed by atoms with Crippen molar-refractivity contribution in [3.63, 3.8) is 0 Å². The zero-order valence-corrected chi connectivity index (χ0v) is 10.2. The molecule has 18 heavy (non-hydrogen) atoms. The van der Waals surface area contributed by atoms with Crippen LogP contribution in [-0.4, -0.2) is 13.1 Å². The van der Waals surface area contributed by atoms with E-state index >= 15 is 0 Å². The van der Waals surface area contributed by atoms with Crippen molar-refractivity contribution in [2.45, 2.75) is 6.54 Å². The highest BCUT2D eigenvalue weighted by atomic mass is 16.5. The van der Waals surface area contributed by atoms with E-state index in [-0.39, 0.29) is 5.97 Å². The average Bonchev–Trinajstić information content (AvgIpc) is 2.46. The molecule has 0 saturated carbocycles. The summed E-state index contributed by atoms with van der Waals surface area (Å²) in [7, 11) is 1.38. The molecule has 0 amide bonds. The van der Waals surface area contributed by atoms with Crippen molar-refractivity contribution in [1.29, 1.82) is 0 Å². The van der Waals surface area contributed by atoms with Crippen LogP contribution in [0.4, 0.5) is 0 Å². The Balaban J connectivity index is 2.60. The van der Waals surface area contributed by atoms with Crippen LogP contribution in [0.2, 0.25) is 0 Å². The van der Waals surface area contributed by atoms with E-state index in [9.17, 15) is 4.79 Å². The van der Waals surface area contributed by atoms with Crippen molar-refractivity contribution in [2.75, 3.05) is 7.11 Å². The summed E-state index contributed by atoms with van der Waals surface area (Å²) in [4.78, 5) is 11.8. The van der Waals surface area contributed by atoms with E-state index in [1.165, 1.54) is 7.11 Å². The molecule has 3 heteroatoms. The van der Waals surface area contributed by atoms with Gasteiger partial charge in [0, 0.05) is 6.54 Å². The lowest BCUT2D eigenvalue weighted by atomic mass is 9.95. The second-order valence-corrected chi connectivity index (χ2v) is 3.90. The van der Waals surface area contributed by atoms with Crippen molar-refractivity contribution in [3.05, 3.63) is 59.7 Å². The molecule has 0 radical (unpaired) electrons. The predicted molar refractivity (Wildman–Crippen MR) is 71.1 cm³/mol. The van der Waals surface area contributed by atoms with Crippen LogP contribution in [0.3, 0.4) is 0 Å². The Morgan fingerprint density at radius 1 is 1.06 bits per heavy atom. The van der Waals surface area contributed by atoms with Crippen LogP contribution >= 0.6 is 0 Å². The molecular weight excluding hydrogens is 226 g/mol. The lowest BCUT2D eigenvalue weighted by Crippen LogP contribution is -2.05. The van der Waals surface area contributed by atoms with Crippen molar-refractivity contribution in [3.8, 4) is 11.1 Å². The number of carbonyl (C=O) groups excluding carboxylic acids is 1. The van der Waals surface area contributed by atoms with E-state index in [1.807, 2.05) is 42.5 Å². The van der Waals surface area contributed by atoms with Gasteiger partial charge in [-0.25, -0.2) is 4.79 Å². The molecule has 0 bridgehead atoms. The fraction of sp³-hybridized carbons (Fsp3) is 0.133. The Labute approximate surface area is 106 Å². The van der Waals surface area contributed by atoms with Gasteiger partial charge >= 0.3 is 5.97 Å². The molecule has 0 aliphatic heterocycles. The van der Waals surface area contributed by atoms with Crippen LogP contribution in [0.1, 0.15) is 15.9 Å². The molecular formula is C15H15NO2. The number of nitrogens with two attached hydrogens (primary N) is 1. The smallest absolute Gasteiger partial charge is 0.338 e. The first kappa shape index (κ1) is 12.3. The molecule has 0 saturated heterocycles. The van der Waals surface area contributed by atoms with Crippen LogP contribution in [0.5, 0.6) is 0 Å². The van der Waals surface area contributed by atoms with Gasteiger partial charge in [-0.05, 0) is 22.8 Å². The lowest BCUT2D eigenvalue weighted by Gasteiger charge is -2.11. The molecule has 2 aromatic rings. The highest BCUT2D eigenvalue weighted by Gasteiger charge is 2.14. The van der Waals surface area contributed by atoms with Crippen LogP contribution in [0, 0.1) is 0 Å². The van der Waals surface area contributed by atoms with Gasteiger partial charge in [-0.15, -0.1) is 0 Å². The Bertz CT molecular complexity index is 564. The van der Waals surface area contributed by atoms with Crippen LogP contribution in [0.25, 0.3) is 11.1 Å². The number of ether oxygens (including phenoxy) is 1. The first-order valence-corrected chi connectivity index (χ1v) is 5.73. The van der Waals surface area contributed by atoms with Gasteiger partial charge in [-0.1, -0.05) is 42.5 Å². The molecule has 2 N–H and O–H groups in total. The summed E-state index contributed by atoms with van der Waals surface area (Å²) in [6.45, 7) is 0.436. The molecule has 0 aliphatic rings. The van der Waals surface area contributed by atoms with E-state index in [0.29, 0.717) is 12.1 Å². The minimum Gasteiger partial charge on any atom is -0.465 e. The quantitative estimate of drug-likeness (QED) is 0.840. The first-order valence-electron chi connectivity index (χ1n) is 5.73. The summed E-state index contributed by atoms with van der Waals surface area (Å²) in [5.74, 6) is -0.336. The number of carbonyl (C=O) groups is 1. The molecule has 2 rings (SSSR count). The van der Waals surface area contributed by atoms with Crippen LogP contribution < -0.4 is 5.73 Å². The summed E-state index contributed by atoms with van der Waals surface area (Å²) in [5, 5.41) is 0. The third-order valence-corrected chi connectivity index (χ3v) is 2.86. The third-order valence-electron chi connectivity index (χ3n) is 2.86. The van der Waals surface area contributed by atoms with Gasteiger partial charge in [0.1, 0.15) is 0 Å². The summed E-state index contributed by atoms with van der Waals surface area (Å²) in [6, 6.07) is 15.2. The fourth-order valence-corrected chi connectivity index (χ4v) is 1.97. The molecule has 0 aromatic heterocycles. The minimum atomic E-state index is -0.336. The lowest BCUT2D eigenvalue weighted by molar-refractivity contribution is 0.0601. The van der Waals surface area contributed by atoms with Crippen LogP contribution in [0.15, 0.2) is 48.5 Å². The Morgan fingerprint density at radius 2 is 1.67 bits per heavy atom. The second-order valence-electron chi connectivity index (χ2n) is 3.90. The molecule has 0 aliphatic carbocycles. The van der Waals surface area contributed by atoms with Gasteiger partial charge in [-0.2, -0.15) is 0 Å². The van der Waals surface area contributed by atoms with E-state index < -0.39 is 0 Å². The molecule has 3 nitrogen and oxygen atoms in total. The molecule has 0 fully saturated rings. The molecule has 0 atom stereocenters. The summed E-state index contributed by atoms with van der Waals surface area (Å²) in [6.07, 6.45) is 0. The maximum absolute atomic E-state index is 11.8. The minimum absolute atomic E-state index is 0.336. The number of methoxy groups -OCH3 is 1. The van der Waals surface area contributed by atoms with Crippen molar-refractivity contribution in [2.24, 2.45) is 5.73 Å². The molecule has 92 valence electrons. The Morgan fingerprint density at radius 3 is 2.33 bits per heavy atom. The monoisotopic (exact) mass is 241 g/mol. The first-order chi connectivity index (χ1) is 8.77. The predicted octanol–water partition coefficient (Wildman–Crippen LogP) is 2.60. The van der Waals surface area contributed by atoms with Crippen molar-refractivity contribution < 1.29 is 9.53 Å². The maximum Gasteiger partial charge on any atom is 0.338 e. The molecule has 2 aromatic carbocycles. The number of esters is 1. The van der Waals surface area contributed by atoms with Crippen LogP contribution in [-0.2, 0) is 11.3 Å². The zero-order chi connectivity index (χ0) is 13.0. The number of benzene rings is 2. The summed E-state index contributed by atoms with van der Waals surface area (Å²) >= 11 is 0. The second kappa shape index (κ2) is 5.47. The van der Waals surface area contributed by atoms with Gasteiger partial charge < -0.3 is 10.5 Å². The zero-order valence-electron chi connectivity index (χ0n) is 10.2. The van der Waals surface area contributed by atoms with Crippen molar-refractivity contribution in [1.82, 2.24) is 0 Å². The number of rotatable bonds is 3. The fourth-order valence-electron chi connectivity index (χ4n) is 1.97. The molecule has 0 heterocycles.